The number of hydrogen-bond donors (Lipinski definition) is 0. The Labute approximate surface area is 135 Å². The SMILES string of the molecule is CC(=O)Oc1ccc(/C=C/C(=O)N(C)Cc2cccnc2)cc1. The molecule has 1 aromatic heterocycles. The largest absolute Gasteiger partial charge is 0.427 e. The zero-order valence-electron chi connectivity index (χ0n) is 13.1. The number of carbonyl (C=O) groups excluding carboxylic acids is 2. The number of hydrogen-bond acceptors (Lipinski definition) is 4. The number of pyridine rings is 1. The molecule has 2 rings (SSSR count). The first-order valence-corrected chi connectivity index (χ1v) is 7.15. The lowest BCUT2D eigenvalue weighted by molar-refractivity contribution is -0.132. The van der Waals surface area contributed by atoms with Gasteiger partial charge in [0.05, 0.1) is 0 Å². The van der Waals surface area contributed by atoms with Gasteiger partial charge >= 0.3 is 5.97 Å². The minimum atomic E-state index is -0.361. The maximum Gasteiger partial charge on any atom is 0.308 e. The first kappa shape index (κ1) is 16.4. The summed E-state index contributed by atoms with van der Waals surface area (Å²) in [4.78, 5) is 28.6. The monoisotopic (exact) mass is 310 g/mol. The van der Waals surface area contributed by atoms with Gasteiger partial charge in [-0.25, -0.2) is 0 Å². The van der Waals surface area contributed by atoms with E-state index in [-0.39, 0.29) is 11.9 Å². The van der Waals surface area contributed by atoms with Gasteiger partial charge in [-0.15, -0.1) is 0 Å². The molecule has 0 N–H and O–H groups in total. The van der Waals surface area contributed by atoms with E-state index in [1.807, 2.05) is 12.1 Å². The van der Waals surface area contributed by atoms with Crippen molar-refractivity contribution in [2.75, 3.05) is 7.05 Å². The molecule has 23 heavy (non-hydrogen) atoms. The van der Waals surface area contributed by atoms with Gasteiger partial charge in [0, 0.05) is 39.0 Å². The molecule has 1 aromatic carbocycles. The lowest BCUT2D eigenvalue weighted by Gasteiger charge is -2.14. The molecular weight excluding hydrogens is 292 g/mol. The Morgan fingerprint density at radius 1 is 1.22 bits per heavy atom. The molecule has 5 heteroatoms. The van der Waals surface area contributed by atoms with Crippen LogP contribution in [0.4, 0.5) is 0 Å². The molecule has 2 aromatic rings. The zero-order valence-corrected chi connectivity index (χ0v) is 13.1. The average molecular weight is 310 g/mol. The first-order chi connectivity index (χ1) is 11.0. The molecule has 0 fully saturated rings. The number of nitrogens with zero attached hydrogens (tertiary/aromatic N) is 2. The molecule has 0 atom stereocenters. The summed E-state index contributed by atoms with van der Waals surface area (Å²) in [6.45, 7) is 1.85. The topological polar surface area (TPSA) is 59.5 Å². The van der Waals surface area contributed by atoms with Gasteiger partial charge in [0.15, 0.2) is 0 Å². The van der Waals surface area contributed by atoms with Gasteiger partial charge in [0.25, 0.3) is 0 Å². The van der Waals surface area contributed by atoms with E-state index in [2.05, 4.69) is 4.98 Å². The average Bonchev–Trinajstić information content (AvgIpc) is 2.54. The van der Waals surface area contributed by atoms with E-state index in [4.69, 9.17) is 4.74 Å². The third-order valence-electron chi connectivity index (χ3n) is 3.08. The summed E-state index contributed by atoms with van der Waals surface area (Å²) in [5.41, 5.74) is 1.83. The highest BCUT2D eigenvalue weighted by molar-refractivity contribution is 5.91. The van der Waals surface area contributed by atoms with Crippen LogP contribution in [0.3, 0.4) is 0 Å². The molecule has 0 aliphatic carbocycles. The zero-order chi connectivity index (χ0) is 16.7. The van der Waals surface area contributed by atoms with Crippen LogP contribution in [-0.4, -0.2) is 28.8 Å². The minimum Gasteiger partial charge on any atom is -0.427 e. The van der Waals surface area contributed by atoms with Crippen LogP contribution < -0.4 is 4.74 Å². The van der Waals surface area contributed by atoms with Gasteiger partial charge in [0.2, 0.25) is 5.91 Å². The fourth-order valence-corrected chi connectivity index (χ4v) is 1.95. The number of aromatic nitrogens is 1. The van der Waals surface area contributed by atoms with Gasteiger partial charge < -0.3 is 9.64 Å². The van der Waals surface area contributed by atoms with Gasteiger partial charge in [-0.05, 0) is 35.4 Å². The van der Waals surface area contributed by atoms with E-state index < -0.39 is 0 Å². The molecule has 0 saturated heterocycles. The predicted molar refractivity (Wildman–Crippen MR) is 87.5 cm³/mol. The summed E-state index contributed by atoms with van der Waals surface area (Å²) < 4.78 is 4.96. The number of likely N-dealkylation sites (N-methyl/N-ethyl adjacent to an activating group) is 1. The lowest BCUT2D eigenvalue weighted by atomic mass is 10.2. The maximum atomic E-state index is 12.1. The molecule has 118 valence electrons. The molecule has 1 heterocycles. The van der Waals surface area contributed by atoms with Crippen LogP contribution in [0.2, 0.25) is 0 Å². The Morgan fingerprint density at radius 2 is 1.96 bits per heavy atom. The molecule has 5 nitrogen and oxygen atoms in total. The molecule has 0 saturated carbocycles. The van der Waals surface area contributed by atoms with Crippen molar-refractivity contribution in [1.82, 2.24) is 9.88 Å². The molecule has 0 spiro atoms. The van der Waals surface area contributed by atoms with Crippen LogP contribution in [-0.2, 0) is 16.1 Å². The number of amides is 1. The molecule has 0 aliphatic rings. The fraction of sp³-hybridized carbons (Fsp3) is 0.167. The molecule has 0 unspecified atom stereocenters. The Kier molecular flexibility index (Phi) is 5.63. The number of rotatable bonds is 5. The summed E-state index contributed by atoms with van der Waals surface area (Å²) in [5, 5.41) is 0. The summed E-state index contributed by atoms with van der Waals surface area (Å²) in [7, 11) is 1.74. The van der Waals surface area contributed by atoms with E-state index in [9.17, 15) is 9.59 Å². The third kappa shape index (κ3) is 5.39. The van der Waals surface area contributed by atoms with E-state index in [1.165, 1.54) is 13.0 Å². The number of benzene rings is 1. The Balaban J connectivity index is 1.93. The van der Waals surface area contributed by atoms with Crippen molar-refractivity contribution >= 4 is 18.0 Å². The summed E-state index contributed by atoms with van der Waals surface area (Å²) in [6, 6.07) is 10.7. The normalized spacial score (nSPS) is 10.5. The van der Waals surface area contributed by atoms with Gasteiger partial charge in [0.1, 0.15) is 5.75 Å². The Morgan fingerprint density at radius 3 is 2.57 bits per heavy atom. The second-order valence-electron chi connectivity index (χ2n) is 5.05. The van der Waals surface area contributed by atoms with Crippen molar-refractivity contribution in [3.8, 4) is 5.75 Å². The van der Waals surface area contributed by atoms with Gasteiger partial charge in [-0.1, -0.05) is 18.2 Å². The van der Waals surface area contributed by atoms with Crippen molar-refractivity contribution in [1.29, 1.82) is 0 Å². The van der Waals surface area contributed by atoms with Crippen LogP contribution in [0.15, 0.2) is 54.9 Å². The van der Waals surface area contributed by atoms with Crippen LogP contribution in [0.5, 0.6) is 5.75 Å². The van der Waals surface area contributed by atoms with Crippen molar-refractivity contribution in [3.63, 3.8) is 0 Å². The van der Waals surface area contributed by atoms with Crippen LogP contribution in [0.25, 0.3) is 6.08 Å². The molecule has 1 amide bonds. The quantitative estimate of drug-likeness (QED) is 0.484. The highest BCUT2D eigenvalue weighted by atomic mass is 16.5. The van der Waals surface area contributed by atoms with Gasteiger partial charge in [-0.2, -0.15) is 0 Å². The molecule has 0 bridgehead atoms. The molecule has 0 aliphatic heterocycles. The van der Waals surface area contributed by atoms with Crippen molar-refractivity contribution in [2.45, 2.75) is 13.5 Å². The smallest absolute Gasteiger partial charge is 0.308 e. The van der Waals surface area contributed by atoms with Crippen LogP contribution in [0.1, 0.15) is 18.1 Å². The summed E-state index contributed by atoms with van der Waals surface area (Å²) in [6.07, 6.45) is 6.67. The molecular formula is C18H18N2O3. The van der Waals surface area contributed by atoms with E-state index in [1.54, 1.807) is 54.7 Å². The molecule has 0 radical (unpaired) electrons. The minimum absolute atomic E-state index is 0.0992. The van der Waals surface area contributed by atoms with Crippen molar-refractivity contribution in [2.24, 2.45) is 0 Å². The Hall–Kier alpha value is -2.95. The van der Waals surface area contributed by atoms with Crippen molar-refractivity contribution < 1.29 is 14.3 Å². The predicted octanol–water partition coefficient (Wildman–Crippen LogP) is 2.68. The van der Waals surface area contributed by atoms with E-state index in [0.29, 0.717) is 12.3 Å². The second kappa shape index (κ2) is 7.89. The maximum absolute atomic E-state index is 12.1. The summed E-state index contributed by atoms with van der Waals surface area (Å²) >= 11 is 0. The first-order valence-electron chi connectivity index (χ1n) is 7.15. The fourth-order valence-electron chi connectivity index (χ4n) is 1.95. The standard InChI is InChI=1S/C18H18N2O3/c1-14(21)23-17-8-5-15(6-9-17)7-10-18(22)20(2)13-16-4-3-11-19-12-16/h3-12H,13H2,1-2H3/b10-7+. The van der Waals surface area contributed by atoms with Gasteiger partial charge in [-0.3, -0.25) is 14.6 Å². The van der Waals surface area contributed by atoms with E-state index >= 15 is 0 Å². The Bertz CT molecular complexity index is 694. The van der Waals surface area contributed by atoms with Crippen LogP contribution in [0, 0.1) is 0 Å². The van der Waals surface area contributed by atoms with Crippen molar-refractivity contribution in [3.05, 3.63) is 66.0 Å². The number of ether oxygens (including phenoxy) is 1. The third-order valence-corrected chi connectivity index (χ3v) is 3.08. The number of esters is 1. The number of carbonyl (C=O) groups is 2. The lowest BCUT2D eigenvalue weighted by Crippen LogP contribution is -2.24. The highest BCUT2D eigenvalue weighted by Gasteiger charge is 2.05. The van der Waals surface area contributed by atoms with Crippen LogP contribution >= 0.6 is 0 Å². The highest BCUT2D eigenvalue weighted by Crippen LogP contribution is 2.13. The summed E-state index contributed by atoms with van der Waals surface area (Å²) in [5.74, 6) is 0.0214. The van der Waals surface area contributed by atoms with E-state index in [0.717, 1.165) is 11.1 Å². The second-order valence-corrected chi connectivity index (χ2v) is 5.05.